The van der Waals surface area contributed by atoms with Crippen molar-refractivity contribution in [2.75, 3.05) is 0 Å². The molecule has 0 aromatic carbocycles. The van der Waals surface area contributed by atoms with Crippen LogP contribution in [0.3, 0.4) is 0 Å². The third kappa shape index (κ3) is 3.71. The summed E-state index contributed by atoms with van der Waals surface area (Å²) >= 11 is 0. The van der Waals surface area contributed by atoms with Gasteiger partial charge < -0.3 is 5.11 Å². The molecule has 0 spiro atoms. The Balaban J connectivity index is 3.52. The number of hydrogen-bond donors (Lipinski definition) is 1. The van der Waals surface area contributed by atoms with Crippen LogP contribution >= 0.6 is 0 Å². The lowest BCUT2D eigenvalue weighted by Crippen LogP contribution is -2.28. The first-order chi connectivity index (χ1) is 4.48. The monoisotopic (exact) mass is 156 g/mol. The maximum absolute atomic E-state index is 11.5. The number of aliphatic hydroxyl groups excluding tert-OH is 1. The van der Waals surface area contributed by atoms with Crippen molar-refractivity contribution in [2.24, 2.45) is 0 Å². The van der Waals surface area contributed by atoms with Crippen molar-refractivity contribution < 1.29 is 18.3 Å². The molecule has 4 heteroatoms. The van der Waals surface area contributed by atoms with Gasteiger partial charge in [0.1, 0.15) is 6.10 Å². The van der Waals surface area contributed by atoms with Crippen molar-refractivity contribution in [3.05, 3.63) is 0 Å². The summed E-state index contributed by atoms with van der Waals surface area (Å²) in [7, 11) is 0. The first-order valence-corrected chi connectivity index (χ1v) is 3.23. The topological polar surface area (TPSA) is 20.2 Å². The van der Waals surface area contributed by atoms with Gasteiger partial charge >= 0.3 is 6.18 Å². The summed E-state index contributed by atoms with van der Waals surface area (Å²) in [5, 5.41) is 8.39. The summed E-state index contributed by atoms with van der Waals surface area (Å²) in [6.07, 6.45) is -5.66. The minimum atomic E-state index is -4.44. The fraction of sp³-hybridized carbons (Fsp3) is 1.00. The SMILES string of the molecule is CCCC[C@@H](O)C(F)(F)F. The lowest BCUT2D eigenvalue weighted by atomic mass is 10.1. The Morgan fingerprint density at radius 3 is 2.20 bits per heavy atom. The highest BCUT2D eigenvalue weighted by Gasteiger charge is 2.37. The third-order valence-corrected chi connectivity index (χ3v) is 1.21. The molecule has 0 aliphatic rings. The second-order valence-corrected chi connectivity index (χ2v) is 2.20. The predicted octanol–water partition coefficient (Wildman–Crippen LogP) is 2.10. The molecule has 1 atom stereocenters. The Morgan fingerprint density at radius 2 is 1.90 bits per heavy atom. The predicted molar refractivity (Wildman–Crippen MR) is 31.6 cm³/mol. The van der Waals surface area contributed by atoms with E-state index in [0.717, 1.165) is 0 Å². The van der Waals surface area contributed by atoms with Crippen LogP contribution in [0, 0.1) is 0 Å². The molecule has 1 N–H and O–H groups in total. The van der Waals surface area contributed by atoms with Gasteiger partial charge in [-0.15, -0.1) is 0 Å². The van der Waals surface area contributed by atoms with Gasteiger partial charge in [-0.2, -0.15) is 13.2 Å². The van der Waals surface area contributed by atoms with E-state index in [-0.39, 0.29) is 6.42 Å². The van der Waals surface area contributed by atoms with Gasteiger partial charge in [-0.25, -0.2) is 0 Å². The molecule has 0 bridgehead atoms. The van der Waals surface area contributed by atoms with E-state index in [1.54, 1.807) is 6.92 Å². The summed E-state index contributed by atoms with van der Waals surface area (Å²) < 4.78 is 34.6. The minimum Gasteiger partial charge on any atom is -0.384 e. The van der Waals surface area contributed by atoms with E-state index < -0.39 is 12.3 Å². The fourth-order valence-electron chi connectivity index (χ4n) is 0.561. The lowest BCUT2D eigenvalue weighted by Gasteiger charge is -2.12. The summed E-state index contributed by atoms with van der Waals surface area (Å²) in [5.41, 5.74) is 0. The molecule has 0 amide bonds. The number of alkyl halides is 3. The Morgan fingerprint density at radius 1 is 1.40 bits per heavy atom. The van der Waals surface area contributed by atoms with Crippen LogP contribution in [0.1, 0.15) is 26.2 Å². The Kier molecular flexibility index (Phi) is 3.71. The molecule has 62 valence electrons. The Labute approximate surface area is 57.9 Å². The van der Waals surface area contributed by atoms with Gasteiger partial charge in [-0.05, 0) is 6.42 Å². The first kappa shape index (κ1) is 9.75. The van der Waals surface area contributed by atoms with E-state index in [0.29, 0.717) is 12.8 Å². The maximum atomic E-state index is 11.5. The highest BCUT2D eigenvalue weighted by Crippen LogP contribution is 2.23. The van der Waals surface area contributed by atoms with Crippen LogP contribution in [0.15, 0.2) is 0 Å². The maximum Gasteiger partial charge on any atom is 0.414 e. The quantitative estimate of drug-likeness (QED) is 0.663. The zero-order valence-electron chi connectivity index (χ0n) is 5.78. The highest BCUT2D eigenvalue weighted by atomic mass is 19.4. The van der Waals surface area contributed by atoms with Crippen molar-refractivity contribution in [3.8, 4) is 0 Å². The molecule has 0 saturated heterocycles. The van der Waals surface area contributed by atoms with Crippen LogP contribution in [0.5, 0.6) is 0 Å². The minimum absolute atomic E-state index is 0.181. The average Bonchev–Trinajstić information content (AvgIpc) is 1.80. The van der Waals surface area contributed by atoms with Gasteiger partial charge in [-0.3, -0.25) is 0 Å². The first-order valence-electron chi connectivity index (χ1n) is 3.23. The van der Waals surface area contributed by atoms with Gasteiger partial charge in [0.25, 0.3) is 0 Å². The molecular weight excluding hydrogens is 145 g/mol. The average molecular weight is 156 g/mol. The number of aliphatic hydroxyl groups is 1. The molecule has 0 unspecified atom stereocenters. The molecule has 0 heterocycles. The third-order valence-electron chi connectivity index (χ3n) is 1.21. The standard InChI is InChI=1S/C6H11F3O/c1-2-3-4-5(10)6(7,8)9/h5,10H,2-4H2,1H3/t5-/m1/s1. The van der Waals surface area contributed by atoms with E-state index in [4.69, 9.17) is 5.11 Å². The zero-order chi connectivity index (χ0) is 8.20. The summed E-state index contributed by atoms with van der Waals surface area (Å²) in [4.78, 5) is 0. The van der Waals surface area contributed by atoms with E-state index in [1.807, 2.05) is 0 Å². The largest absolute Gasteiger partial charge is 0.414 e. The molecule has 0 fully saturated rings. The number of halogens is 3. The molecule has 0 saturated carbocycles. The van der Waals surface area contributed by atoms with Gasteiger partial charge in [0.15, 0.2) is 0 Å². The summed E-state index contributed by atoms with van der Waals surface area (Å²) in [6.45, 7) is 1.78. The smallest absolute Gasteiger partial charge is 0.384 e. The van der Waals surface area contributed by atoms with Crippen molar-refractivity contribution in [2.45, 2.75) is 38.5 Å². The Bertz CT molecular complexity index is 89.5. The molecule has 1 nitrogen and oxygen atoms in total. The zero-order valence-corrected chi connectivity index (χ0v) is 5.78. The van der Waals surface area contributed by atoms with Crippen molar-refractivity contribution >= 4 is 0 Å². The lowest BCUT2D eigenvalue weighted by molar-refractivity contribution is -0.205. The van der Waals surface area contributed by atoms with Crippen molar-refractivity contribution in [1.29, 1.82) is 0 Å². The van der Waals surface area contributed by atoms with E-state index in [9.17, 15) is 13.2 Å². The molecule has 0 aromatic heterocycles. The van der Waals surface area contributed by atoms with Crippen molar-refractivity contribution in [1.82, 2.24) is 0 Å². The summed E-state index contributed by atoms with van der Waals surface area (Å²) in [6, 6.07) is 0. The number of hydrogen-bond acceptors (Lipinski definition) is 1. The Hall–Kier alpha value is -0.250. The van der Waals surface area contributed by atoms with Crippen LogP contribution in [-0.2, 0) is 0 Å². The fourth-order valence-corrected chi connectivity index (χ4v) is 0.561. The molecule has 0 aliphatic heterocycles. The summed E-state index contributed by atoms with van der Waals surface area (Å²) in [5.74, 6) is 0. The molecule has 0 rings (SSSR count). The molecular formula is C6H11F3O. The van der Waals surface area contributed by atoms with Crippen molar-refractivity contribution in [3.63, 3.8) is 0 Å². The van der Waals surface area contributed by atoms with E-state index in [2.05, 4.69) is 0 Å². The molecule has 10 heavy (non-hydrogen) atoms. The van der Waals surface area contributed by atoms with Crippen LogP contribution in [0.4, 0.5) is 13.2 Å². The van der Waals surface area contributed by atoms with E-state index in [1.165, 1.54) is 0 Å². The van der Waals surface area contributed by atoms with Crippen LogP contribution in [0.25, 0.3) is 0 Å². The second-order valence-electron chi connectivity index (χ2n) is 2.20. The molecule has 0 radical (unpaired) electrons. The van der Waals surface area contributed by atoms with Gasteiger partial charge in [-0.1, -0.05) is 19.8 Å². The van der Waals surface area contributed by atoms with Crippen LogP contribution in [0.2, 0.25) is 0 Å². The highest BCUT2D eigenvalue weighted by molar-refractivity contribution is 4.63. The van der Waals surface area contributed by atoms with Gasteiger partial charge in [0.05, 0.1) is 0 Å². The van der Waals surface area contributed by atoms with Crippen LogP contribution in [-0.4, -0.2) is 17.4 Å². The second kappa shape index (κ2) is 3.81. The number of unbranched alkanes of at least 4 members (excludes halogenated alkanes) is 1. The molecule has 0 aromatic rings. The van der Waals surface area contributed by atoms with Gasteiger partial charge in [0.2, 0.25) is 0 Å². The van der Waals surface area contributed by atoms with Gasteiger partial charge in [0, 0.05) is 0 Å². The molecule has 0 aliphatic carbocycles. The van der Waals surface area contributed by atoms with Crippen LogP contribution < -0.4 is 0 Å². The normalized spacial score (nSPS) is 15.3. The number of rotatable bonds is 3. The van der Waals surface area contributed by atoms with E-state index >= 15 is 0 Å².